The third kappa shape index (κ3) is 1.71. The third-order valence-electron chi connectivity index (χ3n) is 2.68. The van der Waals surface area contributed by atoms with Gasteiger partial charge in [0, 0.05) is 19.1 Å². The Morgan fingerprint density at radius 3 is 2.20 bits per heavy atom. The predicted octanol–water partition coefficient (Wildman–Crippen LogP) is 0.396. The molecule has 0 aliphatic carbocycles. The highest BCUT2D eigenvalue weighted by Gasteiger charge is 2.51. The van der Waals surface area contributed by atoms with Crippen LogP contribution in [0.3, 0.4) is 0 Å². The molecule has 5 heteroatoms. The molecule has 0 bridgehead atoms. The summed E-state index contributed by atoms with van der Waals surface area (Å²) < 4.78 is 0. The Morgan fingerprint density at radius 2 is 1.87 bits per heavy atom. The first kappa shape index (κ1) is 12.0. The van der Waals surface area contributed by atoms with Gasteiger partial charge < -0.3 is 10.6 Å². The van der Waals surface area contributed by atoms with Crippen molar-refractivity contribution in [2.75, 3.05) is 13.1 Å². The summed E-state index contributed by atoms with van der Waals surface area (Å²) in [6, 6.07) is -0.218. The standard InChI is InChI=1S/C10H19N3O2/c1-7(2)13-9(15)12(6-5-11)8(14)10(13,3)4/h7H,5-6,11H2,1-4H3. The van der Waals surface area contributed by atoms with Crippen LogP contribution >= 0.6 is 0 Å². The van der Waals surface area contributed by atoms with Gasteiger partial charge >= 0.3 is 6.03 Å². The van der Waals surface area contributed by atoms with E-state index in [1.165, 1.54) is 4.90 Å². The molecule has 0 saturated carbocycles. The number of hydrogen-bond acceptors (Lipinski definition) is 3. The third-order valence-corrected chi connectivity index (χ3v) is 2.68. The van der Waals surface area contributed by atoms with Crippen LogP contribution in [0, 0.1) is 0 Å². The molecule has 0 atom stereocenters. The molecule has 0 aromatic heterocycles. The van der Waals surface area contributed by atoms with Gasteiger partial charge in [0.15, 0.2) is 0 Å². The molecule has 0 aromatic rings. The molecule has 1 aliphatic rings. The van der Waals surface area contributed by atoms with Crippen LogP contribution < -0.4 is 5.73 Å². The van der Waals surface area contributed by atoms with Crippen molar-refractivity contribution in [2.24, 2.45) is 5.73 Å². The Morgan fingerprint density at radius 1 is 1.33 bits per heavy atom. The van der Waals surface area contributed by atoms with Gasteiger partial charge in [-0.05, 0) is 27.7 Å². The van der Waals surface area contributed by atoms with E-state index in [0.717, 1.165) is 0 Å². The van der Waals surface area contributed by atoms with Crippen molar-refractivity contribution in [2.45, 2.75) is 39.3 Å². The zero-order chi connectivity index (χ0) is 11.8. The molecule has 0 aromatic carbocycles. The summed E-state index contributed by atoms with van der Waals surface area (Å²) in [5.74, 6) is -0.161. The van der Waals surface area contributed by atoms with Crippen molar-refractivity contribution >= 4 is 11.9 Å². The molecule has 0 radical (unpaired) electrons. The second-order valence-electron chi connectivity index (χ2n) is 4.55. The molecule has 2 N–H and O–H groups in total. The van der Waals surface area contributed by atoms with E-state index >= 15 is 0 Å². The molecule has 1 heterocycles. The van der Waals surface area contributed by atoms with Crippen LogP contribution in [-0.2, 0) is 4.79 Å². The van der Waals surface area contributed by atoms with Crippen molar-refractivity contribution in [1.82, 2.24) is 9.80 Å². The molecule has 0 spiro atoms. The fourth-order valence-electron chi connectivity index (χ4n) is 2.08. The maximum Gasteiger partial charge on any atom is 0.327 e. The number of imide groups is 1. The van der Waals surface area contributed by atoms with Crippen molar-refractivity contribution in [1.29, 1.82) is 0 Å². The van der Waals surface area contributed by atoms with Gasteiger partial charge in [0.05, 0.1) is 0 Å². The quantitative estimate of drug-likeness (QED) is 0.690. The van der Waals surface area contributed by atoms with E-state index in [1.54, 1.807) is 18.7 Å². The van der Waals surface area contributed by atoms with Gasteiger partial charge in [-0.2, -0.15) is 0 Å². The van der Waals surface area contributed by atoms with E-state index in [0.29, 0.717) is 13.1 Å². The van der Waals surface area contributed by atoms with Gasteiger partial charge in [-0.3, -0.25) is 9.69 Å². The van der Waals surface area contributed by atoms with Crippen molar-refractivity contribution < 1.29 is 9.59 Å². The summed E-state index contributed by atoms with van der Waals surface area (Å²) in [7, 11) is 0. The molecule has 5 nitrogen and oxygen atoms in total. The Kier molecular flexibility index (Phi) is 3.04. The molecule has 86 valence electrons. The average molecular weight is 213 g/mol. The highest BCUT2D eigenvalue weighted by Crippen LogP contribution is 2.29. The number of nitrogens with zero attached hydrogens (tertiary/aromatic N) is 2. The Hall–Kier alpha value is -1.10. The van der Waals surface area contributed by atoms with Gasteiger partial charge in [0.25, 0.3) is 5.91 Å². The van der Waals surface area contributed by atoms with Gasteiger partial charge in [0.1, 0.15) is 5.54 Å². The second kappa shape index (κ2) is 3.81. The zero-order valence-corrected chi connectivity index (χ0v) is 9.78. The van der Waals surface area contributed by atoms with Crippen molar-refractivity contribution in [3.8, 4) is 0 Å². The maximum atomic E-state index is 12.0. The second-order valence-corrected chi connectivity index (χ2v) is 4.55. The van der Waals surface area contributed by atoms with Crippen LogP contribution in [0.5, 0.6) is 0 Å². The Bertz CT molecular complexity index is 286. The Labute approximate surface area is 90.2 Å². The SMILES string of the molecule is CC(C)N1C(=O)N(CCN)C(=O)C1(C)C. The largest absolute Gasteiger partial charge is 0.329 e. The van der Waals surface area contributed by atoms with Crippen LogP contribution in [0.2, 0.25) is 0 Å². The van der Waals surface area contributed by atoms with Crippen molar-refractivity contribution in [3.05, 3.63) is 0 Å². The lowest BCUT2D eigenvalue weighted by atomic mass is 10.0. The normalized spacial score (nSPS) is 20.7. The summed E-state index contributed by atoms with van der Waals surface area (Å²) in [6.45, 7) is 7.94. The Balaban J connectivity index is 3.03. The fourth-order valence-corrected chi connectivity index (χ4v) is 2.08. The first-order valence-corrected chi connectivity index (χ1v) is 5.19. The lowest BCUT2D eigenvalue weighted by Crippen LogP contribution is -2.47. The molecule has 1 aliphatic heterocycles. The number of amides is 3. The summed E-state index contributed by atoms with van der Waals surface area (Å²) in [5, 5.41) is 0. The van der Waals surface area contributed by atoms with Gasteiger partial charge in [-0.1, -0.05) is 0 Å². The molecular weight excluding hydrogens is 194 g/mol. The minimum Gasteiger partial charge on any atom is -0.329 e. The minimum atomic E-state index is -0.750. The first-order chi connectivity index (χ1) is 6.84. The van der Waals surface area contributed by atoms with E-state index in [-0.39, 0.29) is 18.0 Å². The number of hydrogen-bond donors (Lipinski definition) is 1. The molecule has 1 saturated heterocycles. The van der Waals surface area contributed by atoms with Gasteiger partial charge in [0.2, 0.25) is 0 Å². The number of rotatable bonds is 3. The predicted molar refractivity (Wildman–Crippen MR) is 57.2 cm³/mol. The van der Waals surface area contributed by atoms with Crippen LogP contribution in [-0.4, -0.2) is 46.4 Å². The fraction of sp³-hybridized carbons (Fsp3) is 0.800. The lowest BCUT2D eigenvalue weighted by molar-refractivity contribution is -0.132. The van der Waals surface area contributed by atoms with Crippen LogP contribution in [0.25, 0.3) is 0 Å². The number of carbonyl (C=O) groups excluding carboxylic acids is 2. The molecule has 1 rings (SSSR count). The van der Waals surface area contributed by atoms with E-state index < -0.39 is 5.54 Å². The van der Waals surface area contributed by atoms with Crippen LogP contribution in [0.15, 0.2) is 0 Å². The average Bonchev–Trinajstić information content (AvgIpc) is 2.26. The molecular formula is C10H19N3O2. The lowest BCUT2D eigenvalue weighted by Gasteiger charge is -2.31. The highest BCUT2D eigenvalue weighted by molar-refractivity contribution is 6.06. The topological polar surface area (TPSA) is 66.6 Å². The number of nitrogens with two attached hydrogens (primary N) is 1. The summed E-state index contributed by atoms with van der Waals surface area (Å²) in [6.07, 6.45) is 0. The maximum absolute atomic E-state index is 12.0. The monoisotopic (exact) mass is 213 g/mol. The summed E-state index contributed by atoms with van der Waals surface area (Å²) >= 11 is 0. The zero-order valence-electron chi connectivity index (χ0n) is 9.78. The van der Waals surface area contributed by atoms with Gasteiger partial charge in [-0.15, -0.1) is 0 Å². The van der Waals surface area contributed by atoms with Crippen LogP contribution in [0.4, 0.5) is 4.79 Å². The minimum absolute atomic E-state index is 0.0132. The molecule has 1 fully saturated rings. The first-order valence-electron chi connectivity index (χ1n) is 5.19. The van der Waals surface area contributed by atoms with E-state index in [9.17, 15) is 9.59 Å². The molecule has 0 unspecified atom stereocenters. The van der Waals surface area contributed by atoms with Crippen molar-refractivity contribution in [3.63, 3.8) is 0 Å². The molecule has 15 heavy (non-hydrogen) atoms. The smallest absolute Gasteiger partial charge is 0.327 e. The highest BCUT2D eigenvalue weighted by atomic mass is 16.2. The number of carbonyl (C=O) groups is 2. The van der Waals surface area contributed by atoms with E-state index in [1.807, 2.05) is 13.8 Å². The van der Waals surface area contributed by atoms with E-state index in [4.69, 9.17) is 5.73 Å². The van der Waals surface area contributed by atoms with Crippen LogP contribution in [0.1, 0.15) is 27.7 Å². The number of urea groups is 1. The van der Waals surface area contributed by atoms with E-state index in [2.05, 4.69) is 0 Å². The summed E-state index contributed by atoms with van der Waals surface area (Å²) in [5.41, 5.74) is 4.63. The summed E-state index contributed by atoms with van der Waals surface area (Å²) in [4.78, 5) is 26.7. The molecule has 3 amide bonds. The van der Waals surface area contributed by atoms with Gasteiger partial charge in [-0.25, -0.2) is 4.79 Å².